The highest BCUT2D eigenvalue weighted by molar-refractivity contribution is 7.98. The lowest BCUT2D eigenvalue weighted by Crippen LogP contribution is -2.13. The van der Waals surface area contributed by atoms with E-state index in [1.165, 1.54) is 11.8 Å². The molecule has 1 heterocycles. The van der Waals surface area contributed by atoms with E-state index in [1.807, 2.05) is 12.1 Å². The summed E-state index contributed by atoms with van der Waals surface area (Å²) in [5.41, 5.74) is 13.2. The smallest absolute Gasteiger partial charge is 0.249 e. The van der Waals surface area contributed by atoms with Crippen molar-refractivity contribution in [1.82, 2.24) is 4.98 Å². The number of nitrogens with two attached hydrogens (primary N) is 2. The van der Waals surface area contributed by atoms with Crippen molar-refractivity contribution in [2.45, 2.75) is 10.8 Å². The number of nitrogens with zero attached hydrogens (tertiary/aromatic N) is 1. The summed E-state index contributed by atoms with van der Waals surface area (Å²) in [6.45, 7) is 0. The van der Waals surface area contributed by atoms with Crippen LogP contribution in [-0.4, -0.2) is 10.9 Å². The van der Waals surface area contributed by atoms with Crippen molar-refractivity contribution in [3.8, 4) is 0 Å². The summed E-state index contributed by atoms with van der Waals surface area (Å²) in [6.07, 6.45) is 1.69. The second kappa shape index (κ2) is 5.55. The minimum atomic E-state index is -0.416. The van der Waals surface area contributed by atoms with Crippen LogP contribution in [0, 0.1) is 0 Å². The molecule has 0 aliphatic rings. The van der Waals surface area contributed by atoms with Crippen molar-refractivity contribution in [3.63, 3.8) is 0 Å². The minimum Gasteiger partial charge on any atom is -0.397 e. The summed E-state index contributed by atoms with van der Waals surface area (Å²) in [7, 11) is 0. The number of carbonyl (C=O) groups excluding carboxylic acids is 1. The van der Waals surface area contributed by atoms with Crippen molar-refractivity contribution in [1.29, 1.82) is 0 Å². The normalized spacial score (nSPS) is 10.2. The van der Waals surface area contributed by atoms with E-state index in [-0.39, 0.29) is 0 Å². The molecule has 1 aromatic carbocycles. The predicted octanol–water partition coefficient (Wildman–Crippen LogP) is 2.06. The molecule has 92 valence electrons. The van der Waals surface area contributed by atoms with E-state index in [1.54, 1.807) is 30.5 Å². The molecule has 18 heavy (non-hydrogen) atoms. The number of rotatable bonds is 4. The van der Waals surface area contributed by atoms with Gasteiger partial charge in [0.15, 0.2) is 0 Å². The number of primary amides is 1. The van der Waals surface area contributed by atoms with Crippen molar-refractivity contribution < 1.29 is 4.79 Å². The second-order valence-corrected chi connectivity index (χ2v) is 4.67. The van der Waals surface area contributed by atoms with Gasteiger partial charge in [-0.05, 0) is 23.8 Å². The number of hydrogen-bond acceptors (Lipinski definition) is 4. The topological polar surface area (TPSA) is 82.0 Å². The van der Waals surface area contributed by atoms with Crippen LogP contribution in [-0.2, 0) is 5.75 Å². The van der Waals surface area contributed by atoms with E-state index in [4.69, 9.17) is 11.5 Å². The van der Waals surface area contributed by atoms with Crippen LogP contribution in [0.5, 0.6) is 0 Å². The largest absolute Gasteiger partial charge is 0.397 e. The Morgan fingerprint density at radius 2 is 2.00 bits per heavy atom. The highest BCUT2D eigenvalue weighted by atomic mass is 32.2. The van der Waals surface area contributed by atoms with Gasteiger partial charge in [-0.25, -0.2) is 4.98 Å². The third-order valence-electron chi connectivity index (χ3n) is 2.45. The molecule has 0 saturated heterocycles. The lowest BCUT2D eigenvalue weighted by atomic mass is 10.1. The van der Waals surface area contributed by atoms with E-state index >= 15 is 0 Å². The Morgan fingerprint density at radius 3 is 2.72 bits per heavy atom. The first kappa shape index (κ1) is 12.4. The molecular weight excluding hydrogens is 246 g/mol. The molecular formula is C13H13N3OS. The molecule has 0 atom stereocenters. The van der Waals surface area contributed by atoms with Crippen LogP contribution in [0.4, 0.5) is 5.69 Å². The standard InChI is InChI=1S/C13H13N3OS/c14-11-6-3-7-16-13(11)18-8-9-4-1-2-5-10(9)12(15)17/h1-7H,8,14H2,(H2,15,17). The molecule has 0 unspecified atom stereocenters. The molecule has 0 fully saturated rings. The Balaban J connectivity index is 2.16. The zero-order chi connectivity index (χ0) is 13.0. The fraction of sp³-hybridized carbons (Fsp3) is 0.0769. The zero-order valence-electron chi connectivity index (χ0n) is 9.67. The van der Waals surface area contributed by atoms with Crippen LogP contribution in [0.2, 0.25) is 0 Å². The number of amides is 1. The van der Waals surface area contributed by atoms with Gasteiger partial charge in [-0.2, -0.15) is 0 Å². The lowest BCUT2D eigenvalue weighted by molar-refractivity contribution is 0.0999. The zero-order valence-corrected chi connectivity index (χ0v) is 10.5. The van der Waals surface area contributed by atoms with E-state index < -0.39 is 5.91 Å². The number of aromatic nitrogens is 1. The van der Waals surface area contributed by atoms with Crippen molar-refractivity contribution >= 4 is 23.4 Å². The maximum atomic E-state index is 11.3. The Morgan fingerprint density at radius 1 is 1.22 bits per heavy atom. The summed E-state index contributed by atoms with van der Waals surface area (Å²) in [5, 5.41) is 0.761. The number of hydrogen-bond donors (Lipinski definition) is 2. The van der Waals surface area contributed by atoms with Gasteiger partial charge in [0.2, 0.25) is 5.91 Å². The second-order valence-electron chi connectivity index (χ2n) is 3.71. The third kappa shape index (κ3) is 2.81. The van der Waals surface area contributed by atoms with E-state index in [0.717, 1.165) is 10.6 Å². The fourth-order valence-electron chi connectivity index (χ4n) is 1.56. The van der Waals surface area contributed by atoms with Crippen molar-refractivity contribution in [2.75, 3.05) is 5.73 Å². The molecule has 2 rings (SSSR count). The number of nitrogen functional groups attached to an aromatic ring is 1. The molecule has 1 aromatic heterocycles. The molecule has 0 aliphatic carbocycles. The van der Waals surface area contributed by atoms with Gasteiger partial charge in [-0.3, -0.25) is 4.79 Å². The van der Waals surface area contributed by atoms with Crippen LogP contribution >= 0.6 is 11.8 Å². The molecule has 2 aromatic rings. The average molecular weight is 259 g/mol. The number of anilines is 1. The van der Waals surface area contributed by atoms with Gasteiger partial charge in [-0.15, -0.1) is 0 Å². The first-order chi connectivity index (χ1) is 8.68. The first-order valence-electron chi connectivity index (χ1n) is 5.39. The van der Waals surface area contributed by atoms with Gasteiger partial charge in [0.1, 0.15) is 5.03 Å². The summed E-state index contributed by atoms with van der Waals surface area (Å²) in [6, 6.07) is 10.9. The molecule has 0 spiro atoms. The Labute approximate surface area is 109 Å². The minimum absolute atomic E-state index is 0.416. The quantitative estimate of drug-likeness (QED) is 0.823. The van der Waals surface area contributed by atoms with Crippen LogP contribution in [0.3, 0.4) is 0 Å². The Hall–Kier alpha value is -2.01. The van der Waals surface area contributed by atoms with E-state index in [9.17, 15) is 4.79 Å². The Bertz CT molecular complexity index is 572. The summed E-state index contributed by atoms with van der Waals surface area (Å²) < 4.78 is 0. The molecule has 5 heteroatoms. The average Bonchev–Trinajstić information content (AvgIpc) is 2.38. The van der Waals surface area contributed by atoms with Gasteiger partial charge in [0.25, 0.3) is 0 Å². The number of carbonyl (C=O) groups is 1. The third-order valence-corrected chi connectivity index (χ3v) is 3.52. The van der Waals surface area contributed by atoms with Gasteiger partial charge in [0.05, 0.1) is 5.69 Å². The van der Waals surface area contributed by atoms with Crippen LogP contribution < -0.4 is 11.5 Å². The van der Waals surface area contributed by atoms with Gasteiger partial charge in [-0.1, -0.05) is 30.0 Å². The van der Waals surface area contributed by atoms with E-state index in [2.05, 4.69) is 4.98 Å². The Kier molecular flexibility index (Phi) is 3.84. The number of thioether (sulfide) groups is 1. The summed E-state index contributed by atoms with van der Waals surface area (Å²) in [4.78, 5) is 15.5. The molecule has 0 saturated carbocycles. The van der Waals surface area contributed by atoms with Crippen molar-refractivity contribution in [3.05, 3.63) is 53.7 Å². The molecule has 1 amide bonds. The molecule has 0 aliphatic heterocycles. The van der Waals surface area contributed by atoms with Gasteiger partial charge >= 0.3 is 0 Å². The first-order valence-corrected chi connectivity index (χ1v) is 6.38. The fourth-order valence-corrected chi connectivity index (χ4v) is 2.47. The summed E-state index contributed by atoms with van der Waals surface area (Å²) in [5.74, 6) is 0.195. The van der Waals surface area contributed by atoms with Crippen LogP contribution in [0.25, 0.3) is 0 Å². The van der Waals surface area contributed by atoms with E-state index in [0.29, 0.717) is 17.0 Å². The summed E-state index contributed by atoms with van der Waals surface area (Å²) >= 11 is 1.49. The van der Waals surface area contributed by atoms with Crippen LogP contribution in [0.15, 0.2) is 47.6 Å². The van der Waals surface area contributed by atoms with Crippen molar-refractivity contribution in [2.24, 2.45) is 5.73 Å². The number of benzene rings is 1. The molecule has 0 bridgehead atoms. The molecule has 4 nitrogen and oxygen atoms in total. The highest BCUT2D eigenvalue weighted by Crippen LogP contribution is 2.26. The highest BCUT2D eigenvalue weighted by Gasteiger charge is 2.08. The van der Waals surface area contributed by atoms with Gasteiger partial charge in [0, 0.05) is 17.5 Å². The SMILES string of the molecule is NC(=O)c1ccccc1CSc1ncccc1N. The molecule has 4 N–H and O–H groups in total. The number of pyridine rings is 1. The van der Waals surface area contributed by atoms with Crippen LogP contribution in [0.1, 0.15) is 15.9 Å². The monoisotopic (exact) mass is 259 g/mol. The molecule has 0 radical (unpaired) electrons. The van der Waals surface area contributed by atoms with Gasteiger partial charge < -0.3 is 11.5 Å². The maximum absolute atomic E-state index is 11.3. The maximum Gasteiger partial charge on any atom is 0.249 e. The lowest BCUT2D eigenvalue weighted by Gasteiger charge is -2.07. The predicted molar refractivity (Wildman–Crippen MR) is 73.2 cm³/mol.